The van der Waals surface area contributed by atoms with E-state index in [0.29, 0.717) is 0 Å². The highest BCUT2D eigenvalue weighted by molar-refractivity contribution is 5.14. The number of hydrogen-bond donors (Lipinski definition) is 0. The topological polar surface area (TPSA) is 8.81 Å². The Kier molecular flexibility index (Phi) is 25.3. The summed E-state index contributed by atoms with van der Waals surface area (Å²) in [6.07, 6.45) is 45.6. The van der Waals surface area contributed by atoms with E-state index < -0.39 is 0 Å². The standard InChI is InChI=1S/C42H75N2/c1-3-5-7-9-11-13-15-17-18-19-21-23-25-30-36-42-43(37-31-26-24-22-20-16-14-12-10-8-6-4-2)39-40-44(42)38-32-35-41-33-28-27-29-34-41/h27-29,33-34,39-40H,3-26,30-32,35-38H2,1-2H3/q+1. The van der Waals surface area contributed by atoms with Gasteiger partial charge in [-0.15, -0.1) is 0 Å². The second kappa shape index (κ2) is 28.9. The third-order valence-electron chi connectivity index (χ3n) is 9.80. The van der Waals surface area contributed by atoms with E-state index in [1.54, 1.807) is 5.82 Å². The van der Waals surface area contributed by atoms with E-state index in [4.69, 9.17) is 0 Å². The highest BCUT2D eigenvalue weighted by atomic mass is 15.1. The molecule has 2 nitrogen and oxygen atoms in total. The zero-order valence-corrected chi connectivity index (χ0v) is 29.9. The molecule has 0 atom stereocenters. The molecule has 0 fully saturated rings. The molecule has 0 radical (unpaired) electrons. The number of nitrogens with zero attached hydrogens (tertiary/aromatic N) is 2. The zero-order chi connectivity index (χ0) is 31.2. The van der Waals surface area contributed by atoms with Crippen LogP contribution in [-0.2, 0) is 25.9 Å². The zero-order valence-electron chi connectivity index (χ0n) is 29.9. The molecule has 0 saturated heterocycles. The van der Waals surface area contributed by atoms with E-state index in [0.717, 1.165) is 6.54 Å². The van der Waals surface area contributed by atoms with Crippen LogP contribution in [0.3, 0.4) is 0 Å². The van der Waals surface area contributed by atoms with Crippen LogP contribution in [0, 0.1) is 0 Å². The Morgan fingerprint density at radius 1 is 0.455 bits per heavy atom. The lowest BCUT2D eigenvalue weighted by atomic mass is 10.0. The van der Waals surface area contributed by atoms with Gasteiger partial charge < -0.3 is 0 Å². The lowest BCUT2D eigenvalue weighted by Crippen LogP contribution is -2.37. The molecule has 0 aliphatic rings. The Bertz CT molecular complexity index is 854. The summed E-state index contributed by atoms with van der Waals surface area (Å²) in [5, 5.41) is 0. The first-order valence-electron chi connectivity index (χ1n) is 20.0. The summed E-state index contributed by atoms with van der Waals surface area (Å²) in [5.74, 6) is 1.58. The van der Waals surface area contributed by atoms with Crippen LogP contribution >= 0.6 is 0 Å². The normalized spacial score (nSPS) is 11.5. The van der Waals surface area contributed by atoms with Gasteiger partial charge in [0.15, 0.2) is 0 Å². The molecule has 2 aromatic rings. The average molecular weight is 608 g/mol. The fourth-order valence-electron chi connectivity index (χ4n) is 6.89. The highest BCUT2D eigenvalue weighted by Crippen LogP contribution is 2.15. The molecule has 0 bridgehead atoms. The minimum Gasteiger partial charge on any atom is -0.234 e. The molecule has 0 amide bonds. The number of aromatic nitrogens is 2. The first-order chi connectivity index (χ1) is 21.8. The van der Waals surface area contributed by atoms with Crippen molar-refractivity contribution >= 4 is 0 Å². The summed E-state index contributed by atoms with van der Waals surface area (Å²) < 4.78 is 5.20. The molecule has 2 heteroatoms. The summed E-state index contributed by atoms with van der Waals surface area (Å²) in [6, 6.07) is 11.0. The third kappa shape index (κ3) is 20.5. The first-order valence-corrected chi connectivity index (χ1v) is 20.0. The lowest BCUT2D eigenvalue weighted by molar-refractivity contribution is -0.704. The minimum absolute atomic E-state index is 1.15. The van der Waals surface area contributed by atoms with Gasteiger partial charge in [0.2, 0.25) is 0 Å². The van der Waals surface area contributed by atoms with Crippen LogP contribution in [0.15, 0.2) is 42.7 Å². The average Bonchev–Trinajstić information content (AvgIpc) is 3.43. The molecule has 0 aliphatic carbocycles. The fraction of sp³-hybridized carbons (Fsp3) is 0.786. The van der Waals surface area contributed by atoms with E-state index >= 15 is 0 Å². The Morgan fingerprint density at radius 3 is 1.36 bits per heavy atom. The number of hydrogen-bond acceptors (Lipinski definition) is 0. The van der Waals surface area contributed by atoms with Crippen LogP contribution < -0.4 is 4.57 Å². The van der Waals surface area contributed by atoms with Crippen molar-refractivity contribution in [2.75, 3.05) is 0 Å². The van der Waals surface area contributed by atoms with Gasteiger partial charge in [0.05, 0.1) is 13.1 Å². The van der Waals surface area contributed by atoms with E-state index in [9.17, 15) is 0 Å². The van der Waals surface area contributed by atoms with E-state index in [1.807, 2.05) is 0 Å². The van der Waals surface area contributed by atoms with E-state index in [2.05, 4.69) is 65.7 Å². The molecule has 0 unspecified atom stereocenters. The van der Waals surface area contributed by atoms with Crippen molar-refractivity contribution in [2.24, 2.45) is 0 Å². The highest BCUT2D eigenvalue weighted by Gasteiger charge is 2.16. The Hall–Kier alpha value is -1.57. The summed E-state index contributed by atoms with van der Waals surface area (Å²) in [6.45, 7) is 6.97. The summed E-state index contributed by atoms with van der Waals surface area (Å²) in [7, 11) is 0. The van der Waals surface area contributed by atoms with Gasteiger partial charge in [-0.25, -0.2) is 9.13 Å². The van der Waals surface area contributed by atoms with E-state index in [-0.39, 0.29) is 0 Å². The molecule has 0 N–H and O–H groups in total. The van der Waals surface area contributed by atoms with E-state index in [1.165, 1.54) is 198 Å². The van der Waals surface area contributed by atoms with Gasteiger partial charge >= 0.3 is 0 Å². The molecular formula is C42H75N2+. The molecule has 0 spiro atoms. The molecule has 2 rings (SSSR count). The Labute approximate surface area is 275 Å². The minimum atomic E-state index is 1.15. The van der Waals surface area contributed by atoms with Gasteiger partial charge in [-0.05, 0) is 37.7 Å². The molecule has 252 valence electrons. The van der Waals surface area contributed by atoms with Gasteiger partial charge in [0, 0.05) is 6.42 Å². The van der Waals surface area contributed by atoms with Crippen LogP contribution in [0.5, 0.6) is 0 Å². The first kappa shape index (κ1) is 38.6. The van der Waals surface area contributed by atoms with Crippen LogP contribution in [0.4, 0.5) is 0 Å². The number of rotatable bonds is 32. The largest absolute Gasteiger partial charge is 0.256 e. The van der Waals surface area contributed by atoms with Gasteiger partial charge in [-0.1, -0.05) is 192 Å². The monoisotopic (exact) mass is 608 g/mol. The molecule has 1 aromatic heterocycles. The van der Waals surface area contributed by atoms with Crippen molar-refractivity contribution in [2.45, 2.75) is 213 Å². The van der Waals surface area contributed by atoms with Gasteiger partial charge in [-0.3, -0.25) is 0 Å². The second-order valence-electron chi connectivity index (χ2n) is 13.9. The third-order valence-corrected chi connectivity index (χ3v) is 9.80. The molecule has 0 aliphatic heterocycles. The Morgan fingerprint density at radius 2 is 0.886 bits per heavy atom. The van der Waals surface area contributed by atoms with Crippen molar-refractivity contribution < 1.29 is 4.57 Å². The van der Waals surface area contributed by atoms with Gasteiger partial charge in [0.25, 0.3) is 5.82 Å². The predicted molar refractivity (Wildman–Crippen MR) is 194 cm³/mol. The molecule has 0 saturated carbocycles. The summed E-state index contributed by atoms with van der Waals surface area (Å²) >= 11 is 0. The fourth-order valence-corrected chi connectivity index (χ4v) is 6.89. The van der Waals surface area contributed by atoms with Crippen molar-refractivity contribution in [3.05, 3.63) is 54.1 Å². The lowest BCUT2D eigenvalue weighted by Gasteiger charge is -2.07. The smallest absolute Gasteiger partial charge is 0.234 e. The molecule has 1 heterocycles. The van der Waals surface area contributed by atoms with Crippen LogP contribution in [-0.4, -0.2) is 4.57 Å². The van der Waals surface area contributed by atoms with Crippen LogP contribution in [0.2, 0.25) is 0 Å². The molecular weight excluding hydrogens is 532 g/mol. The maximum atomic E-state index is 2.61. The second-order valence-corrected chi connectivity index (χ2v) is 13.9. The van der Waals surface area contributed by atoms with Crippen molar-refractivity contribution in [1.29, 1.82) is 0 Å². The van der Waals surface area contributed by atoms with Gasteiger partial charge in [-0.2, -0.15) is 0 Å². The molecule has 1 aromatic carbocycles. The van der Waals surface area contributed by atoms with Crippen molar-refractivity contribution in [3.8, 4) is 0 Å². The van der Waals surface area contributed by atoms with Crippen LogP contribution in [0.25, 0.3) is 0 Å². The maximum Gasteiger partial charge on any atom is 0.256 e. The SMILES string of the molecule is CCCCCCCCCCCCCCCCc1n(CCCCCCCCCCCCCC)cc[n+]1CCCc1ccccc1. The maximum absolute atomic E-state index is 2.61. The van der Waals surface area contributed by atoms with Crippen LogP contribution in [0.1, 0.15) is 199 Å². The number of benzene rings is 1. The Balaban J connectivity index is 1.62. The van der Waals surface area contributed by atoms with Gasteiger partial charge in [0.1, 0.15) is 12.4 Å². The number of aryl methyl sites for hydroxylation is 3. The van der Waals surface area contributed by atoms with Crippen molar-refractivity contribution in [3.63, 3.8) is 0 Å². The summed E-state index contributed by atoms with van der Waals surface area (Å²) in [5.41, 5.74) is 1.47. The molecule has 44 heavy (non-hydrogen) atoms. The number of unbranched alkanes of at least 4 members (excludes halogenated alkanes) is 24. The quantitative estimate of drug-likeness (QED) is 0.0578. The summed E-state index contributed by atoms with van der Waals surface area (Å²) in [4.78, 5) is 0. The number of imidazole rings is 1. The van der Waals surface area contributed by atoms with Crippen molar-refractivity contribution in [1.82, 2.24) is 4.57 Å². The predicted octanol–water partition coefficient (Wildman–Crippen LogP) is 13.1.